The van der Waals surface area contributed by atoms with Crippen LogP contribution in [0.4, 0.5) is 0 Å². The van der Waals surface area contributed by atoms with Crippen LogP contribution in [-0.2, 0) is 11.2 Å². The molecule has 3 rings (SSSR count). The van der Waals surface area contributed by atoms with Crippen molar-refractivity contribution in [3.63, 3.8) is 0 Å². The predicted molar refractivity (Wildman–Crippen MR) is 72.7 cm³/mol. The van der Waals surface area contributed by atoms with Gasteiger partial charge < -0.3 is 4.74 Å². The molecular formula is C14H19NOS. The lowest BCUT2D eigenvalue weighted by Crippen LogP contribution is -2.46. The fourth-order valence-corrected chi connectivity index (χ4v) is 4.59. The Morgan fingerprint density at radius 2 is 2.29 bits per heavy atom. The normalized spacial score (nSPS) is 32.1. The maximum Gasteiger partial charge on any atom is 0.119 e. The van der Waals surface area contributed by atoms with Gasteiger partial charge in [-0.3, -0.25) is 4.90 Å². The Morgan fingerprint density at radius 1 is 1.47 bits per heavy atom. The van der Waals surface area contributed by atoms with Crippen molar-refractivity contribution in [1.29, 1.82) is 0 Å². The minimum atomic E-state index is 0.277. The van der Waals surface area contributed by atoms with Crippen molar-refractivity contribution in [2.24, 2.45) is 0 Å². The first kappa shape index (κ1) is 11.4. The van der Waals surface area contributed by atoms with E-state index >= 15 is 0 Å². The zero-order valence-electron chi connectivity index (χ0n) is 10.7. The Morgan fingerprint density at radius 3 is 3.06 bits per heavy atom. The van der Waals surface area contributed by atoms with E-state index in [-0.39, 0.29) is 4.75 Å². The molecule has 0 radical (unpaired) electrons. The van der Waals surface area contributed by atoms with E-state index in [4.69, 9.17) is 4.74 Å². The van der Waals surface area contributed by atoms with Gasteiger partial charge in [-0.05, 0) is 50.1 Å². The molecule has 2 bridgehead atoms. The number of nitrogens with zero attached hydrogens (tertiary/aromatic N) is 1. The van der Waals surface area contributed by atoms with E-state index < -0.39 is 0 Å². The molecule has 0 saturated carbocycles. The quantitative estimate of drug-likeness (QED) is 0.759. The van der Waals surface area contributed by atoms with Crippen molar-refractivity contribution in [3.8, 4) is 5.75 Å². The molecule has 0 N–H and O–H groups in total. The first-order chi connectivity index (χ1) is 8.12. The highest BCUT2D eigenvalue weighted by Crippen LogP contribution is 2.52. The monoisotopic (exact) mass is 249 g/mol. The summed E-state index contributed by atoms with van der Waals surface area (Å²) in [7, 11) is 3.99. The van der Waals surface area contributed by atoms with Crippen molar-refractivity contribution in [1.82, 2.24) is 4.90 Å². The van der Waals surface area contributed by atoms with Crippen LogP contribution in [0, 0.1) is 0 Å². The predicted octanol–water partition coefficient (Wildman–Crippen LogP) is 2.86. The van der Waals surface area contributed by atoms with Crippen LogP contribution in [0.5, 0.6) is 5.75 Å². The Balaban J connectivity index is 2.07. The summed E-state index contributed by atoms with van der Waals surface area (Å²) in [6.07, 6.45) is 2.39. The van der Waals surface area contributed by atoms with Crippen molar-refractivity contribution in [2.75, 3.05) is 20.7 Å². The van der Waals surface area contributed by atoms with Crippen LogP contribution in [0.15, 0.2) is 18.2 Å². The number of hydrogen-bond donors (Lipinski definition) is 0. The van der Waals surface area contributed by atoms with Gasteiger partial charge in [0.25, 0.3) is 0 Å². The SMILES string of the molecule is COc1ccc2c(c1)C1(C)CCN(C)C(C2)S1. The van der Waals surface area contributed by atoms with E-state index in [1.165, 1.54) is 24.1 Å². The summed E-state index contributed by atoms with van der Waals surface area (Å²) >= 11 is 2.12. The molecule has 1 saturated heterocycles. The zero-order valence-corrected chi connectivity index (χ0v) is 11.5. The molecule has 2 nitrogen and oxygen atoms in total. The Labute approximate surface area is 107 Å². The maximum atomic E-state index is 5.36. The van der Waals surface area contributed by atoms with Crippen molar-refractivity contribution < 1.29 is 4.74 Å². The molecule has 2 aliphatic heterocycles. The molecule has 0 amide bonds. The Kier molecular flexibility index (Phi) is 2.64. The van der Waals surface area contributed by atoms with Gasteiger partial charge in [0.15, 0.2) is 0 Å². The van der Waals surface area contributed by atoms with Gasteiger partial charge >= 0.3 is 0 Å². The van der Waals surface area contributed by atoms with Gasteiger partial charge in [0, 0.05) is 11.3 Å². The molecule has 2 atom stereocenters. The summed E-state index contributed by atoms with van der Waals surface area (Å²) in [5.74, 6) is 0.989. The average Bonchev–Trinajstić information content (AvgIpc) is 2.34. The number of thioether (sulfide) groups is 1. The van der Waals surface area contributed by atoms with Gasteiger partial charge in [0.05, 0.1) is 12.5 Å². The number of rotatable bonds is 1. The molecule has 3 heteroatoms. The second-order valence-corrected chi connectivity index (χ2v) is 6.94. The molecule has 2 heterocycles. The minimum absolute atomic E-state index is 0.277. The molecule has 1 aromatic rings. The number of benzene rings is 1. The third kappa shape index (κ3) is 1.76. The molecule has 0 aliphatic carbocycles. The fraction of sp³-hybridized carbons (Fsp3) is 0.571. The van der Waals surface area contributed by atoms with Gasteiger partial charge in [0.2, 0.25) is 0 Å². The molecule has 2 aliphatic rings. The van der Waals surface area contributed by atoms with E-state index in [0.717, 1.165) is 12.2 Å². The fourth-order valence-electron chi connectivity index (χ4n) is 2.92. The Hall–Kier alpha value is -0.670. The molecule has 1 aromatic carbocycles. The number of ether oxygens (including phenoxy) is 1. The molecule has 92 valence electrons. The number of methoxy groups -OCH3 is 1. The standard InChI is InChI=1S/C14H19NOS/c1-14-6-7-15(2)13(17-14)8-10-4-5-11(16-3)9-12(10)14/h4-5,9,13H,6-8H2,1-3H3. The van der Waals surface area contributed by atoms with Gasteiger partial charge in [0.1, 0.15) is 5.75 Å². The summed E-state index contributed by atoms with van der Waals surface area (Å²) in [5, 5.41) is 0.648. The summed E-state index contributed by atoms with van der Waals surface area (Å²) in [6, 6.07) is 6.58. The third-order valence-electron chi connectivity index (χ3n) is 4.11. The van der Waals surface area contributed by atoms with Crippen molar-refractivity contribution in [3.05, 3.63) is 29.3 Å². The highest BCUT2D eigenvalue weighted by molar-refractivity contribution is 8.00. The van der Waals surface area contributed by atoms with E-state index in [2.05, 4.69) is 48.8 Å². The highest BCUT2D eigenvalue weighted by Gasteiger charge is 2.42. The average molecular weight is 249 g/mol. The van der Waals surface area contributed by atoms with E-state index in [9.17, 15) is 0 Å². The molecule has 0 spiro atoms. The van der Waals surface area contributed by atoms with Crippen molar-refractivity contribution in [2.45, 2.75) is 29.9 Å². The summed E-state index contributed by atoms with van der Waals surface area (Å²) in [5.41, 5.74) is 3.00. The van der Waals surface area contributed by atoms with Crippen LogP contribution >= 0.6 is 11.8 Å². The first-order valence-electron chi connectivity index (χ1n) is 6.18. The molecule has 0 aromatic heterocycles. The second-order valence-electron chi connectivity index (χ2n) is 5.26. The van der Waals surface area contributed by atoms with Gasteiger partial charge in [-0.15, -0.1) is 11.8 Å². The maximum absolute atomic E-state index is 5.36. The van der Waals surface area contributed by atoms with E-state index in [0.29, 0.717) is 5.37 Å². The second kappa shape index (κ2) is 3.92. The van der Waals surface area contributed by atoms with E-state index in [1.54, 1.807) is 7.11 Å². The Bertz CT molecular complexity index is 448. The van der Waals surface area contributed by atoms with Crippen LogP contribution in [0.1, 0.15) is 24.5 Å². The zero-order chi connectivity index (χ0) is 12.0. The number of hydrogen-bond acceptors (Lipinski definition) is 3. The molecule has 2 unspecified atom stereocenters. The van der Waals surface area contributed by atoms with Crippen molar-refractivity contribution >= 4 is 11.8 Å². The van der Waals surface area contributed by atoms with Gasteiger partial charge in [-0.1, -0.05) is 6.07 Å². The topological polar surface area (TPSA) is 12.5 Å². The van der Waals surface area contributed by atoms with Gasteiger partial charge in [-0.25, -0.2) is 0 Å². The van der Waals surface area contributed by atoms with E-state index in [1.807, 2.05) is 0 Å². The first-order valence-corrected chi connectivity index (χ1v) is 7.06. The molecular weight excluding hydrogens is 230 g/mol. The number of likely N-dealkylation sites (N-methyl/N-ethyl adjacent to an activating group) is 1. The van der Waals surface area contributed by atoms with Crippen LogP contribution < -0.4 is 4.74 Å². The lowest BCUT2D eigenvalue weighted by Gasteiger charge is -2.48. The minimum Gasteiger partial charge on any atom is -0.497 e. The van der Waals surface area contributed by atoms with Crippen LogP contribution in [0.2, 0.25) is 0 Å². The highest BCUT2D eigenvalue weighted by atomic mass is 32.2. The summed E-state index contributed by atoms with van der Waals surface area (Å²) < 4.78 is 5.64. The van der Waals surface area contributed by atoms with Crippen LogP contribution in [0.25, 0.3) is 0 Å². The molecule has 1 fully saturated rings. The number of fused-ring (bicyclic) bond motifs is 4. The van der Waals surface area contributed by atoms with Crippen LogP contribution in [0.3, 0.4) is 0 Å². The summed E-state index contributed by atoms with van der Waals surface area (Å²) in [4.78, 5) is 2.49. The lowest BCUT2D eigenvalue weighted by atomic mass is 9.88. The lowest BCUT2D eigenvalue weighted by molar-refractivity contribution is 0.263. The third-order valence-corrected chi connectivity index (χ3v) is 5.85. The summed E-state index contributed by atoms with van der Waals surface area (Å²) in [6.45, 7) is 3.58. The van der Waals surface area contributed by atoms with Gasteiger partial charge in [-0.2, -0.15) is 0 Å². The molecule has 17 heavy (non-hydrogen) atoms. The smallest absolute Gasteiger partial charge is 0.119 e. The van der Waals surface area contributed by atoms with Crippen LogP contribution in [-0.4, -0.2) is 31.0 Å². The largest absolute Gasteiger partial charge is 0.497 e.